The van der Waals surface area contributed by atoms with Gasteiger partial charge in [0, 0.05) is 12.6 Å². The normalized spacial score (nSPS) is 24.9. The Morgan fingerprint density at radius 3 is 2.94 bits per heavy atom. The van der Waals surface area contributed by atoms with Crippen LogP contribution in [-0.2, 0) is 6.42 Å². The second-order valence-corrected chi connectivity index (χ2v) is 5.11. The number of nitrogens with one attached hydrogen (secondary N) is 1. The van der Waals surface area contributed by atoms with Crippen molar-refractivity contribution in [2.24, 2.45) is 0 Å². The van der Waals surface area contributed by atoms with Gasteiger partial charge < -0.3 is 10.2 Å². The van der Waals surface area contributed by atoms with E-state index >= 15 is 0 Å². The minimum absolute atomic E-state index is 0.112. The van der Waals surface area contributed by atoms with Crippen LogP contribution in [0.2, 0.25) is 0 Å². The van der Waals surface area contributed by atoms with Gasteiger partial charge in [0.2, 0.25) is 0 Å². The fourth-order valence-electron chi connectivity index (χ4n) is 3.00. The van der Waals surface area contributed by atoms with Gasteiger partial charge in [-0.15, -0.1) is 0 Å². The molecule has 1 N–H and O–H groups in total. The molecule has 17 heavy (non-hydrogen) atoms. The maximum Gasteiger partial charge on any atom is 0.123 e. The summed E-state index contributed by atoms with van der Waals surface area (Å²) in [6.45, 7) is 4.43. The molecule has 3 rings (SSSR count). The van der Waals surface area contributed by atoms with Crippen molar-refractivity contribution >= 4 is 0 Å². The van der Waals surface area contributed by atoms with Crippen LogP contribution in [-0.4, -0.2) is 31.1 Å². The van der Waals surface area contributed by atoms with Gasteiger partial charge in [0.05, 0.1) is 0 Å². The zero-order valence-electron chi connectivity index (χ0n) is 10.1. The zero-order valence-corrected chi connectivity index (χ0v) is 10.1. The summed E-state index contributed by atoms with van der Waals surface area (Å²) in [4.78, 5) is 2.48. The average molecular weight is 234 g/mol. The van der Waals surface area contributed by atoms with Crippen LogP contribution in [0.15, 0.2) is 18.2 Å². The maximum absolute atomic E-state index is 13.3. The quantitative estimate of drug-likeness (QED) is 0.843. The largest absolute Gasteiger partial charge is 0.309 e. The summed E-state index contributed by atoms with van der Waals surface area (Å²) < 4.78 is 13.3. The molecule has 0 radical (unpaired) electrons. The highest BCUT2D eigenvalue weighted by atomic mass is 19.1. The van der Waals surface area contributed by atoms with Crippen LogP contribution in [0, 0.1) is 5.82 Å². The summed E-state index contributed by atoms with van der Waals surface area (Å²) in [7, 11) is 0. The highest BCUT2D eigenvalue weighted by Gasteiger charge is 2.23. The second kappa shape index (κ2) is 4.75. The van der Waals surface area contributed by atoms with Crippen molar-refractivity contribution in [3.63, 3.8) is 0 Å². The zero-order chi connectivity index (χ0) is 11.7. The van der Waals surface area contributed by atoms with Gasteiger partial charge >= 0.3 is 0 Å². The van der Waals surface area contributed by atoms with E-state index < -0.39 is 0 Å². The fourth-order valence-corrected chi connectivity index (χ4v) is 3.00. The molecule has 1 unspecified atom stereocenters. The first-order valence-corrected chi connectivity index (χ1v) is 6.57. The third-order valence-corrected chi connectivity index (χ3v) is 3.91. The second-order valence-electron chi connectivity index (χ2n) is 5.11. The number of likely N-dealkylation sites (tertiary alicyclic amines) is 1. The third kappa shape index (κ3) is 2.35. The SMILES string of the molecule is Fc1ccc2c(c1)C(CN1CCCC1)NCC2. The Balaban J connectivity index is 1.80. The first-order chi connectivity index (χ1) is 8.33. The van der Waals surface area contributed by atoms with Crippen molar-refractivity contribution in [1.29, 1.82) is 0 Å². The predicted octanol–water partition coefficient (Wildman–Crippen LogP) is 2.11. The van der Waals surface area contributed by atoms with Crippen LogP contribution in [0.4, 0.5) is 4.39 Å². The van der Waals surface area contributed by atoms with Gasteiger partial charge in [-0.05, 0) is 62.2 Å². The molecule has 2 aliphatic rings. The van der Waals surface area contributed by atoms with Crippen LogP contribution >= 0.6 is 0 Å². The van der Waals surface area contributed by atoms with Gasteiger partial charge in [-0.3, -0.25) is 0 Å². The summed E-state index contributed by atoms with van der Waals surface area (Å²) in [5.74, 6) is -0.112. The predicted molar refractivity (Wildman–Crippen MR) is 66.5 cm³/mol. The lowest BCUT2D eigenvalue weighted by Gasteiger charge is -2.30. The third-order valence-electron chi connectivity index (χ3n) is 3.91. The Hall–Kier alpha value is -0.930. The summed E-state index contributed by atoms with van der Waals surface area (Å²) in [6, 6.07) is 5.55. The fraction of sp³-hybridized carbons (Fsp3) is 0.571. The number of halogens is 1. The van der Waals surface area contributed by atoms with Crippen molar-refractivity contribution in [3.8, 4) is 0 Å². The lowest BCUT2D eigenvalue weighted by molar-refractivity contribution is 0.287. The molecule has 0 amide bonds. The lowest BCUT2D eigenvalue weighted by atomic mass is 9.94. The molecule has 0 bridgehead atoms. The molecule has 1 aromatic carbocycles. The van der Waals surface area contributed by atoms with Crippen LogP contribution in [0.25, 0.3) is 0 Å². The van der Waals surface area contributed by atoms with Crippen LogP contribution in [0.5, 0.6) is 0 Å². The smallest absolute Gasteiger partial charge is 0.123 e. The van der Waals surface area contributed by atoms with Crippen molar-refractivity contribution in [2.75, 3.05) is 26.2 Å². The number of hydrogen-bond donors (Lipinski definition) is 1. The molecule has 1 saturated heterocycles. The number of rotatable bonds is 2. The monoisotopic (exact) mass is 234 g/mol. The van der Waals surface area contributed by atoms with Gasteiger partial charge in [0.1, 0.15) is 5.82 Å². The van der Waals surface area contributed by atoms with E-state index in [0.717, 1.165) is 19.5 Å². The summed E-state index contributed by atoms with van der Waals surface area (Å²) >= 11 is 0. The maximum atomic E-state index is 13.3. The number of fused-ring (bicyclic) bond motifs is 1. The van der Waals surface area contributed by atoms with Gasteiger partial charge in [-0.2, -0.15) is 0 Å². The van der Waals surface area contributed by atoms with Crippen LogP contribution < -0.4 is 5.32 Å². The Kier molecular flexibility index (Phi) is 3.12. The van der Waals surface area contributed by atoms with E-state index in [0.29, 0.717) is 6.04 Å². The average Bonchev–Trinajstić information content (AvgIpc) is 2.83. The summed E-state index contributed by atoms with van der Waals surface area (Å²) in [5.41, 5.74) is 2.48. The Labute approximate surface area is 102 Å². The van der Waals surface area contributed by atoms with Crippen molar-refractivity contribution in [1.82, 2.24) is 10.2 Å². The molecule has 2 nitrogen and oxygen atoms in total. The molecular weight excluding hydrogens is 215 g/mol. The Morgan fingerprint density at radius 1 is 1.29 bits per heavy atom. The summed E-state index contributed by atoms with van der Waals surface area (Å²) in [6.07, 6.45) is 3.64. The van der Waals surface area contributed by atoms with Crippen LogP contribution in [0.1, 0.15) is 30.0 Å². The van der Waals surface area contributed by atoms with Gasteiger partial charge in [0.25, 0.3) is 0 Å². The van der Waals surface area contributed by atoms with E-state index in [1.807, 2.05) is 6.07 Å². The highest BCUT2D eigenvalue weighted by Crippen LogP contribution is 2.25. The van der Waals surface area contributed by atoms with Gasteiger partial charge in [-0.1, -0.05) is 6.07 Å². The van der Waals surface area contributed by atoms with E-state index in [-0.39, 0.29) is 5.82 Å². The number of nitrogens with zero attached hydrogens (tertiary/aromatic N) is 1. The molecule has 0 saturated carbocycles. The van der Waals surface area contributed by atoms with E-state index in [1.165, 1.54) is 37.1 Å². The molecular formula is C14H19FN2. The molecule has 92 valence electrons. The molecule has 1 aromatic rings. The van der Waals surface area contributed by atoms with Gasteiger partial charge in [-0.25, -0.2) is 4.39 Å². The molecule has 0 aliphatic carbocycles. The van der Waals surface area contributed by atoms with Crippen molar-refractivity contribution in [3.05, 3.63) is 35.1 Å². The number of benzene rings is 1. The number of hydrogen-bond acceptors (Lipinski definition) is 2. The molecule has 0 aromatic heterocycles. The highest BCUT2D eigenvalue weighted by molar-refractivity contribution is 5.33. The van der Waals surface area contributed by atoms with E-state index in [2.05, 4.69) is 10.2 Å². The Morgan fingerprint density at radius 2 is 2.12 bits per heavy atom. The topological polar surface area (TPSA) is 15.3 Å². The minimum atomic E-state index is -0.112. The van der Waals surface area contributed by atoms with Crippen LogP contribution in [0.3, 0.4) is 0 Å². The molecule has 3 heteroatoms. The van der Waals surface area contributed by atoms with Crippen molar-refractivity contribution in [2.45, 2.75) is 25.3 Å². The molecule has 2 heterocycles. The molecule has 2 aliphatic heterocycles. The van der Waals surface area contributed by atoms with Gasteiger partial charge in [0.15, 0.2) is 0 Å². The van der Waals surface area contributed by atoms with Crippen molar-refractivity contribution < 1.29 is 4.39 Å². The van der Waals surface area contributed by atoms with E-state index in [4.69, 9.17) is 0 Å². The minimum Gasteiger partial charge on any atom is -0.309 e. The van der Waals surface area contributed by atoms with E-state index in [9.17, 15) is 4.39 Å². The van der Waals surface area contributed by atoms with E-state index in [1.54, 1.807) is 12.1 Å². The Bertz CT molecular complexity index is 399. The molecule has 1 fully saturated rings. The first kappa shape index (κ1) is 11.2. The first-order valence-electron chi connectivity index (χ1n) is 6.57. The molecule has 0 spiro atoms. The lowest BCUT2D eigenvalue weighted by Crippen LogP contribution is -2.38. The summed E-state index contributed by atoms with van der Waals surface area (Å²) in [5, 5.41) is 3.52. The molecule has 1 atom stereocenters. The standard InChI is InChI=1S/C14H19FN2/c15-12-4-3-11-5-6-16-14(13(11)9-12)10-17-7-1-2-8-17/h3-4,9,14,16H,1-2,5-8,10H2.